The topological polar surface area (TPSA) is 85.7 Å². The molecule has 0 saturated carbocycles. The zero-order valence-electron chi connectivity index (χ0n) is 19.2. The molecule has 35 heavy (non-hydrogen) atoms. The molecule has 4 rings (SSSR count). The third-order valence-electron chi connectivity index (χ3n) is 5.75. The summed E-state index contributed by atoms with van der Waals surface area (Å²) in [7, 11) is 0. The molecule has 0 unspecified atom stereocenters. The van der Waals surface area contributed by atoms with Crippen molar-refractivity contribution < 1.29 is 23.3 Å². The third-order valence-corrected chi connectivity index (χ3v) is 5.75. The summed E-state index contributed by atoms with van der Waals surface area (Å²) in [6.07, 6.45) is -4.21. The van der Waals surface area contributed by atoms with Crippen molar-refractivity contribution in [2.45, 2.75) is 50.5 Å². The zero-order valence-corrected chi connectivity index (χ0v) is 19.2. The van der Waals surface area contributed by atoms with Crippen molar-refractivity contribution in [2.24, 2.45) is 5.11 Å². The van der Waals surface area contributed by atoms with E-state index in [4.69, 9.17) is 24.5 Å². The van der Waals surface area contributed by atoms with Crippen LogP contribution in [0.1, 0.15) is 16.7 Å². The maximum absolute atomic E-state index is 15.1. The molecule has 5 atom stereocenters. The Labute approximate surface area is 204 Å². The average Bonchev–Trinajstić information content (AvgIpc) is 2.90. The van der Waals surface area contributed by atoms with Gasteiger partial charge in [-0.15, -0.1) is 0 Å². The van der Waals surface area contributed by atoms with Gasteiger partial charge in [-0.3, -0.25) is 0 Å². The molecule has 0 spiro atoms. The van der Waals surface area contributed by atoms with E-state index in [0.717, 1.165) is 16.7 Å². The van der Waals surface area contributed by atoms with Gasteiger partial charge in [0.1, 0.15) is 24.4 Å². The van der Waals surface area contributed by atoms with E-state index in [2.05, 4.69) is 10.0 Å². The summed E-state index contributed by atoms with van der Waals surface area (Å²) < 4.78 is 38.9. The first-order valence-electron chi connectivity index (χ1n) is 11.5. The number of hydrogen-bond donors (Lipinski definition) is 0. The first-order chi connectivity index (χ1) is 17.2. The molecule has 1 heterocycles. The summed E-state index contributed by atoms with van der Waals surface area (Å²) in [6.45, 7) is 0.898. The highest BCUT2D eigenvalue weighted by atomic mass is 19.1. The van der Waals surface area contributed by atoms with Gasteiger partial charge in [-0.25, -0.2) is 4.39 Å². The highest BCUT2D eigenvalue weighted by Crippen LogP contribution is 2.31. The lowest BCUT2D eigenvalue weighted by Crippen LogP contribution is -2.58. The second-order valence-corrected chi connectivity index (χ2v) is 8.24. The van der Waals surface area contributed by atoms with E-state index in [-0.39, 0.29) is 19.8 Å². The largest absolute Gasteiger partial charge is 0.374 e. The van der Waals surface area contributed by atoms with E-state index in [1.165, 1.54) is 0 Å². The quantitative estimate of drug-likeness (QED) is 0.200. The SMILES string of the molecule is [N-]=[N+]=N[C@@H]1[C@@H](OCc2ccccc2)[C@H](OCc2ccccc2)[C@@H](COCc2ccccc2)O[C@@H]1F. The molecule has 0 amide bonds. The maximum atomic E-state index is 15.1. The monoisotopic (exact) mass is 477 g/mol. The molecule has 8 heteroatoms. The Balaban J connectivity index is 1.52. The number of hydrogen-bond acceptors (Lipinski definition) is 5. The standard InChI is InChI=1S/C27H28FN3O4/c28-27-24(30-31-29)26(34-18-22-14-8-3-9-15-22)25(33-17-21-12-6-2-7-13-21)23(35-27)19-32-16-20-10-4-1-5-11-20/h1-15,23-27H,16-19H2/t23-,24-,25-,26-,27+/m1/s1. The molecular formula is C27H28FN3O4. The van der Waals surface area contributed by atoms with Gasteiger partial charge in [-0.2, -0.15) is 0 Å². The lowest BCUT2D eigenvalue weighted by Gasteiger charge is -2.42. The molecule has 1 aliphatic heterocycles. The average molecular weight is 478 g/mol. The number of halogens is 1. The highest BCUT2D eigenvalue weighted by molar-refractivity contribution is 5.15. The van der Waals surface area contributed by atoms with E-state index in [1.807, 2.05) is 91.0 Å². The Bertz CT molecular complexity index is 1070. The molecule has 0 radical (unpaired) electrons. The Morgan fingerprint density at radius 3 is 1.74 bits per heavy atom. The van der Waals surface area contributed by atoms with Crippen LogP contribution < -0.4 is 0 Å². The van der Waals surface area contributed by atoms with Gasteiger partial charge in [0.15, 0.2) is 0 Å². The van der Waals surface area contributed by atoms with Gasteiger partial charge in [-0.1, -0.05) is 96.1 Å². The van der Waals surface area contributed by atoms with Gasteiger partial charge in [0, 0.05) is 4.91 Å². The van der Waals surface area contributed by atoms with Crippen LogP contribution in [-0.4, -0.2) is 37.3 Å². The summed E-state index contributed by atoms with van der Waals surface area (Å²) in [5, 5.41) is 3.66. The molecule has 1 fully saturated rings. The number of benzene rings is 3. The Morgan fingerprint density at radius 2 is 1.23 bits per heavy atom. The number of azide groups is 1. The zero-order chi connectivity index (χ0) is 24.3. The van der Waals surface area contributed by atoms with Crippen molar-refractivity contribution in [3.63, 3.8) is 0 Å². The molecule has 182 valence electrons. The normalized spacial score (nSPS) is 24.0. The van der Waals surface area contributed by atoms with Crippen molar-refractivity contribution in [3.8, 4) is 0 Å². The van der Waals surface area contributed by atoms with E-state index < -0.39 is 30.7 Å². The summed E-state index contributed by atoms with van der Waals surface area (Å²) in [6, 6.07) is 27.6. The molecule has 0 bridgehead atoms. The lowest BCUT2D eigenvalue weighted by atomic mass is 9.97. The fourth-order valence-electron chi connectivity index (χ4n) is 3.99. The van der Waals surface area contributed by atoms with Gasteiger partial charge in [0.05, 0.1) is 26.4 Å². The number of rotatable bonds is 11. The third kappa shape index (κ3) is 7.11. The Kier molecular flexibility index (Phi) is 9.23. The smallest absolute Gasteiger partial charge is 0.210 e. The summed E-state index contributed by atoms with van der Waals surface area (Å²) in [5.41, 5.74) is 11.9. The summed E-state index contributed by atoms with van der Waals surface area (Å²) in [5.74, 6) is 0. The predicted molar refractivity (Wildman–Crippen MR) is 129 cm³/mol. The number of alkyl halides is 1. The van der Waals surface area contributed by atoms with Crippen LogP contribution in [0.3, 0.4) is 0 Å². The van der Waals surface area contributed by atoms with Crippen LogP contribution in [-0.2, 0) is 38.8 Å². The van der Waals surface area contributed by atoms with E-state index in [0.29, 0.717) is 6.61 Å². The first kappa shape index (κ1) is 24.9. The van der Waals surface area contributed by atoms with Gasteiger partial charge in [0.25, 0.3) is 0 Å². The van der Waals surface area contributed by atoms with Crippen LogP contribution in [0.2, 0.25) is 0 Å². The lowest BCUT2D eigenvalue weighted by molar-refractivity contribution is -0.253. The van der Waals surface area contributed by atoms with Crippen LogP contribution in [0.5, 0.6) is 0 Å². The summed E-state index contributed by atoms with van der Waals surface area (Å²) >= 11 is 0. The van der Waals surface area contributed by atoms with E-state index >= 15 is 4.39 Å². The van der Waals surface area contributed by atoms with E-state index in [1.54, 1.807) is 0 Å². The number of ether oxygens (including phenoxy) is 4. The first-order valence-corrected chi connectivity index (χ1v) is 11.5. The second-order valence-electron chi connectivity index (χ2n) is 8.24. The van der Waals surface area contributed by atoms with Crippen molar-refractivity contribution in [2.75, 3.05) is 6.61 Å². The van der Waals surface area contributed by atoms with E-state index in [9.17, 15) is 0 Å². The molecule has 3 aromatic carbocycles. The molecule has 7 nitrogen and oxygen atoms in total. The molecule has 0 N–H and O–H groups in total. The van der Waals surface area contributed by atoms with Crippen molar-refractivity contribution >= 4 is 0 Å². The number of nitrogens with zero attached hydrogens (tertiary/aromatic N) is 3. The molecular weight excluding hydrogens is 449 g/mol. The predicted octanol–water partition coefficient (Wildman–Crippen LogP) is 5.75. The van der Waals surface area contributed by atoms with Gasteiger partial charge in [-0.05, 0) is 22.2 Å². The minimum absolute atomic E-state index is 0.0863. The Morgan fingerprint density at radius 1 is 0.743 bits per heavy atom. The van der Waals surface area contributed by atoms with Crippen LogP contribution in [0, 0.1) is 0 Å². The van der Waals surface area contributed by atoms with Crippen LogP contribution in [0.15, 0.2) is 96.1 Å². The minimum atomic E-state index is -1.85. The van der Waals surface area contributed by atoms with Crippen molar-refractivity contribution in [1.82, 2.24) is 0 Å². The van der Waals surface area contributed by atoms with Gasteiger partial charge >= 0.3 is 0 Å². The fraction of sp³-hybridized carbons (Fsp3) is 0.333. The van der Waals surface area contributed by atoms with Gasteiger partial charge < -0.3 is 18.9 Å². The van der Waals surface area contributed by atoms with Crippen molar-refractivity contribution in [3.05, 3.63) is 118 Å². The fourth-order valence-corrected chi connectivity index (χ4v) is 3.99. The minimum Gasteiger partial charge on any atom is -0.374 e. The molecule has 3 aromatic rings. The molecule has 0 aromatic heterocycles. The van der Waals surface area contributed by atoms with Crippen LogP contribution >= 0.6 is 0 Å². The maximum Gasteiger partial charge on any atom is 0.210 e. The second kappa shape index (κ2) is 13.0. The molecule has 0 aliphatic carbocycles. The molecule has 1 saturated heterocycles. The molecule has 1 aliphatic rings. The van der Waals surface area contributed by atoms with Crippen LogP contribution in [0.4, 0.5) is 4.39 Å². The Hall–Kier alpha value is -3.26. The van der Waals surface area contributed by atoms with Gasteiger partial charge in [0.2, 0.25) is 6.36 Å². The van der Waals surface area contributed by atoms with Crippen molar-refractivity contribution in [1.29, 1.82) is 0 Å². The summed E-state index contributed by atoms with van der Waals surface area (Å²) in [4.78, 5) is 2.83. The van der Waals surface area contributed by atoms with Crippen LogP contribution in [0.25, 0.3) is 10.4 Å². The highest BCUT2D eigenvalue weighted by Gasteiger charge is 2.47.